The molecule has 0 aliphatic heterocycles. The second-order valence-electron chi connectivity index (χ2n) is 2.05. The lowest BCUT2D eigenvalue weighted by molar-refractivity contribution is 0.0599. The first-order chi connectivity index (χ1) is 5.79. The Hall–Kier alpha value is -0.970. The minimum absolute atomic E-state index is 0.389. The molecule has 0 saturated heterocycles. The molecular weight excluding hydrogens is 224 g/mol. The van der Waals surface area contributed by atoms with E-state index in [-0.39, 0.29) is 5.97 Å². The summed E-state index contributed by atoms with van der Waals surface area (Å²) in [5, 5.41) is 7.80. The second kappa shape index (κ2) is 4.15. The van der Waals surface area contributed by atoms with Gasteiger partial charge in [0.1, 0.15) is 0 Å². The third-order valence-corrected chi connectivity index (χ3v) is 1.97. The Morgan fingerprint density at radius 3 is 2.83 bits per heavy atom. The van der Waals surface area contributed by atoms with Crippen molar-refractivity contribution in [2.24, 2.45) is 0 Å². The van der Waals surface area contributed by atoms with Crippen LogP contribution in [0.25, 0.3) is 0 Å². The highest BCUT2D eigenvalue weighted by Gasteiger charge is 2.10. The van der Waals surface area contributed by atoms with Crippen molar-refractivity contribution in [2.45, 2.75) is 5.33 Å². The summed E-state index contributed by atoms with van der Waals surface area (Å²) in [5.74, 6) is -0.389. The fourth-order valence-electron chi connectivity index (χ4n) is 0.747. The number of halogens is 1. The zero-order valence-electron chi connectivity index (χ0n) is 6.45. The Kier molecular flexibility index (Phi) is 3.16. The van der Waals surface area contributed by atoms with Crippen molar-refractivity contribution >= 4 is 21.9 Å². The van der Waals surface area contributed by atoms with Gasteiger partial charge >= 0.3 is 5.97 Å². The van der Waals surface area contributed by atoms with E-state index in [4.69, 9.17) is 0 Å². The fraction of sp³-hybridized carbons (Fsp3) is 0.286. The average molecular weight is 231 g/mol. The summed E-state index contributed by atoms with van der Waals surface area (Å²) < 4.78 is 4.55. The largest absolute Gasteiger partial charge is 0.465 e. The van der Waals surface area contributed by atoms with Gasteiger partial charge in [-0.15, -0.1) is 0 Å². The minimum Gasteiger partial charge on any atom is -0.465 e. The molecule has 0 spiro atoms. The van der Waals surface area contributed by atoms with Crippen LogP contribution in [-0.4, -0.2) is 23.3 Å². The summed E-state index contributed by atoms with van der Waals surface area (Å²) in [6, 6.07) is 0. The van der Waals surface area contributed by atoms with Crippen LogP contribution in [0.2, 0.25) is 0 Å². The Morgan fingerprint density at radius 1 is 1.58 bits per heavy atom. The second-order valence-corrected chi connectivity index (χ2v) is 2.61. The van der Waals surface area contributed by atoms with Crippen LogP contribution in [0.3, 0.4) is 0 Å². The van der Waals surface area contributed by atoms with E-state index in [0.29, 0.717) is 10.9 Å². The van der Waals surface area contributed by atoms with E-state index >= 15 is 0 Å². The van der Waals surface area contributed by atoms with Gasteiger partial charge in [0.15, 0.2) is 0 Å². The number of hydrogen-bond donors (Lipinski definition) is 0. The molecule has 0 fully saturated rings. The van der Waals surface area contributed by atoms with Gasteiger partial charge in [-0.2, -0.15) is 10.2 Å². The predicted molar refractivity (Wildman–Crippen MR) is 46.0 cm³/mol. The monoisotopic (exact) mass is 230 g/mol. The summed E-state index contributed by atoms with van der Waals surface area (Å²) in [4.78, 5) is 11.1. The molecule has 1 heterocycles. The maximum atomic E-state index is 11.1. The first kappa shape index (κ1) is 9.12. The highest BCUT2D eigenvalue weighted by atomic mass is 79.9. The third-order valence-electron chi connectivity index (χ3n) is 1.36. The maximum Gasteiger partial charge on any atom is 0.339 e. The van der Waals surface area contributed by atoms with E-state index < -0.39 is 0 Å². The number of esters is 1. The van der Waals surface area contributed by atoms with Gasteiger partial charge < -0.3 is 4.74 Å². The van der Waals surface area contributed by atoms with Crippen LogP contribution in [0.5, 0.6) is 0 Å². The Morgan fingerprint density at radius 2 is 2.25 bits per heavy atom. The molecule has 0 unspecified atom stereocenters. The first-order valence-electron chi connectivity index (χ1n) is 3.23. The topological polar surface area (TPSA) is 52.1 Å². The number of carbonyl (C=O) groups is 1. The van der Waals surface area contributed by atoms with E-state index in [2.05, 4.69) is 30.9 Å². The number of aromatic nitrogens is 2. The van der Waals surface area contributed by atoms with Gasteiger partial charge in [0, 0.05) is 5.33 Å². The molecule has 0 aliphatic rings. The van der Waals surface area contributed by atoms with Crippen molar-refractivity contribution in [2.75, 3.05) is 7.11 Å². The molecular formula is C7H7BrN2O2. The molecule has 1 aromatic rings. The number of ether oxygens (including phenoxy) is 1. The SMILES string of the molecule is COC(=O)c1cnncc1CBr. The third kappa shape index (κ3) is 1.79. The van der Waals surface area contributed by atoms with Gasteiger partial charge in [0.25, 0.3) is 0 Å². The van der Waals surface area contributed by atoms with Crippen molar-refractivity contribution in [1.29, 1.82) is 0 Å². The highest BCUT2D eigenvalue weighted by molar-refractivity contribution is 9.08. The zero-order valence-corrected chi connectivity index (χ0v) is 8.04. The Balaban J connectivity index is 3.04. The number of alkyl halides is 1. The molecule has 4 nitrogen and oxygen atoms in total. The van der Waals surface area contributed by atoms with Crippen LogP contribution in [0, 0.1) is 0 Å². The van der Waals surface area contributed by atoms with Crippen LogP contribution >= 0.6 is 15.9 Å². The number of hydrogen-bond acceptors (Lipinski definition) is 4. The van der Waals surface area contributed by atoms with E-state index in [1.807, 2.05) is 0 Å². The van der Waals surface area contributed by atoms with Crippen LogP contribution in [0.15, 0.2) is 12.4 Å². The van der Waals surface area contributed by atoms with E-state index in [0.717, 1.165) is 5.56 Å². The van der Waals surface area contributed by atoms with Crippen LogP contribution in [-0.2, 0) is 10.1 Å². The summed E-state index contributed by atoms with van der Waals surface area (Å²) in [5.41, 5.74) is 1.22. The van der Waals surface area contributed by atoms with Crippen molar-refractivity contribution in [3.63, 3.8) is 0 Å². The number of rotatable bonds is 2. The van der Waals surface area contributed by atoms with Crippen LogP contribution in [0.1, 0.15) is 15.9 Å². The first-order valence-corrected chi connectivity index (χ1v) is 4.35. The van der Waals surface area contributed by atoms with E-state index in [1.54, 1.807) is 0 Å². The lowest BCUT2D eigenvalue weighted by Crippen LogP contribution is -2.06. The number of carbonyl (C=O) groups excluding carboxylic acids is 1. The zero-order chi connectivity index (χ0) is 8.97. The van der Waals surface area contributed by atoms with E-state index in [9.17, 15) is 4.79 Å². The average Bonchev–Trinajstić information content (AvgIpc) is 2.16. The van der Waals surface area contributed by atoms with Crippen molar-refractivity contribution < 1.29 is 9.53 Å². The Bertz CT molecular complexity index is 290. The molecule has 1 aromatic heterocycles. The molecule has 0 bridgehead atoms. The molecule has 5 heteroatoms. The van der Waals surface area contributed by atoms with Crippen molar-refractivity contribution in [3.8, 4) is 0 Å². The molecule has 0 N–H and O–H groups in total. The molecule has 1 rings (SSSR count). The quantitative estimate of drug-likeness (QED) is 0.566. The van der Waals surface area contributed by atoms with Gasteiger partial charge in [0.05, 0.1) is 25.1 Å². The lowest BCUT2D eigenvalue weighted by Gasteiger charge is -2.01. The minimum atomic E-state index is -0.389. The van der Waals surface area contributed by atoms with Gasteiger partial charge in [0.2, 0.25) is 0 Å². The van der Waals surface area contributed by atoms with Crippen LogP contribution < -0.4 is 0 Å². The smallest absolute Gasteiger partial charge is 0.339 e. The van der Waals surface area contributed by atoms with Gasteiger partial charge in [-0.05, 0) is 5.56 Å². The fourth-order valence-corrected chi connectivity index (χ4v) is 1.19. The lowest BCUT2D eigenvalue weighted by atomic mass is 10.2. The van der Waals surface area contributed by atoms with Gasteiger partial charge in [-0.25, -0.2) is 4.79 Å². The van der Waals surface area contributed by atoms with Crippen LogP contribution in [0.4, 0.5) is 0 Å². The van der Waals surface area contributed by atoms with Gasteiger partial charge in [-0.1, -0.05) is 15.9 Å². The summed E-state index contributed by atoms with van der Waals surface area (Å²) >= 11 is 3.23. The maximum absolute atomic E-state index is 11.1. The molecule has 0 aliphatic carbocycles. The summed E-state index contributed by atoms with van der Waals surface area (Å²) in [7, 11) is 1.33. The molecule has 0 aromatic carbocycles. The number of methoxy groups -OCH3 is 1. The molecule has 64 valence electrons. The molecule has 0 amide bonds. The molecule has 0 radical (unpaired) electrons. The normalized spacial score (nSPS) is 9.50. The van der Waals surface area contributed by atoms with Gasteiger partial charge in [-0.3, -0.25) is 0 Å². The molecule has 0 atom stereocenters. The standard InChI is InChI=1S/C7H7BrN2O2/c1-12-7(11)6-4-10-9-3-5(6)2-8/h3-4H,2H2,1H3. The number of nitrogens with zero attached hydrogens (tertiary/aromatic N) is 2. The molecule has 12 heavy (non-hydrogen) atoms. The summed E-state index contributed by atoms with van der Waals surface area (Å²) in [6.45, 7) is 0. The van der Waals surface area contributed by atoms with Crippen molar-refractivity contribution in [3.05, 3.63) is 23.5 Å². The predicted octanol–water partition coefficient (Wildman–Crippen LogP) is 1.16. The Labute approximate surface area is 78.1 Å². The van der Waals surface area contributed by atoms with E-state index in [1.165, 1.54) is 19.5 Å². The summed E-state index contributed by atoms with van der Waals surface area (Å²) in [6.07, 6.45) is 2.92. The van der Waals surface area contributed by atoms with Crippen molar-refractivity contribution in [1.82, 2.24) is 10.2 Å². The molecule has 0 saturated carbocycles. The highest BCUT2D eigenvalue weighted by Crippen LogP contribution is 2.10.